The maximum Gasteiger partial charge on any atom is 0.325 e. The predicted molar refractivity (Wildman–Crippen MR) is 91.2 cm³/mol. The number of thiophene rings is 1. The van der Waals surface area contributed by atoms with Crippen molar-refractivity contribution in [3.8, 4) is 11.4 Å². The van der Waals surface area contributed by atoms with Crippen LogP contribution in [0.3, 0.4) is 0 Å². The third-order valence-electron chi connectivity index (χ3n) is 3.07. The van der Waals surface area contributed by atoms with Crippen molar-refractivity contribution in [3.05, 3.63) is 57.6 Å². The van der Waals surface area contributed by atoms with E-state index in [1.165, 1.54) is 11.3 Å². The topological polar surface area (TPSA) is 94.3 Å². The first kappa shape index (κ1) is 17.1. The summed E-state index contributed by atoms with van der Waals surface area (Å²) in [6.07, 6.45) is 0. The van der Waals surface area contributed by atoms with Crippen LogP contribution < -0.4 is 5.32 Å². The van der Waals surface area contributed by atoms with Crippen molar-refractivity contribution < 1.29 is 18.8 Å². The molecule has 1 amide bonds. The zero-order valence-electron chi connectivity index (χ0n) is 12.8. The Kier molecular flexibility index (Phi) is 5.42. The highest BCUT2D eigenvalue weighted by molar-refractivity contribution is 7.12. The quantitative estimate of drug-likeness (QED) is 0.664. The molecular formula is C16H12ClN3O4S. The van der Waals surface area contributed by atoms with Gasteiger partial charge in [0.1, 0.15) is 6.54 Å². The number of amides is 1. The number of aromatic nitrogens is 2. The van der Waals surface area contributed by atoms with E-state index in [0.29, 0.717) is 15.7 Å². The molecule has 0 aliphatic carbocycles. The molecule has 0 unspecified atom stereocenters. The number of carbonyl (C=O) groups excluding carboxylic acids is 2. The Morgan fingerprint density at radius 3 is 2.76 bits per heavy atom. The molecule has 3 aromatic rings. The molecule has 7 nitrogen and oxygen atoms in total. The van der Waals surface area contributed by atoms with Crippen LogP contribution in [0.4, 0.5) is 0 Å². The number of rotatable bonds is 6. The number of carbonyl (C=O) groups is 2. The Morgan fingerprint density at radius 1 is 1.24 bits per heavy atom. The van der Waals surface area contributed by atoms with E-state index in [-0.39, 0.29) is 24.9 Å². The molecule has 3 rings (SSSR count). The average molecular weight is 378 g/mol. The standard InChI is InChI=1S/C16H12ClN3O4S/c17-11-5-3-10(4-6-11)15-19-13(24-20-15)9-23-14(21)8-18-16(22)12-2-1-7-25-12/h1-7H,8-9H2,(H,18,22). The first-order valence-electron chi connectivity index (χ1n) is 7.17. The Hall–Kier alpha value is -2.71. The molecule has 0 aliphatic heterocycles. The van der Waals surface area contributed by atoms with Gasteiger partial charge in [0, 0.05) is 10.6 Å². The lowest BCUT2D eigenvalue weighted by atomic mass is 10.2. The molecule has 0 fully saturated rings. The van der Waals surface area contributed by atoms with Gasteiger partial charge in [-0.15, -0.1) is 11.3 Å². The van der Waals surface area contributed by atoms with Crippen LogP contribution in [-0.4, -0.2) is 28.6 Å². The average Bonchev–Trinajstić information content (AvgIpc) is 3.30. The van der Waals surface area contributed by atoms with E-state index in [1.54, 1.807) is 41.8 Å². The van der Waals surface area contributed by atoms with E-state index in [4.69, 9.17) is 20.9 Å². The largest absolute Gasteiger partial charge is 0.454 e. The number of esters is 1. The van der Waals surface area contributed by atoms with Gasteiger partial charge in [0.05, 0.1) is 4.88 Å². The molecule has 0 atom stereocenters. The van der Waals surface area contributed by atoms with Crippen molar-refractivity contribution in [1.29, 1.82) is 0 Å². The van der Waals surface area contributed by atoms with Crippen LogP contribution in [0.5, 0.6) is 0 Å². The van der Waals surface area contributed by atoms with Gasteiger partial charge in [-0.3, -0.25) is 9.59 Å². The highest BCUT2D eigenvalue weighted by atomic mass is 35.5. The summed E-state index contributed by atoms with van der Waals surface area (Å²) in [6, 6.07) is 10.4. The molecule has 0 aliphatic rings. The van der Waals surface area contributed by atoms with Crippen LogP contribution in [-0.2, 0) is 16.1 Å². The summed E-state index contributed by atoms with van der Waals surface area (Å²) < 4.78 is 10.0. The molecule has 0 bridgehead atoms. The van der Waals surface area contributed by atoms with E-state index in [1.807, 2.05) is 0 Å². The Labute approximate surface area is 151 Å². The van der Waals surface area contributed by atoms with Gasteiger partial charge >= 0.3 is 5.97 Å². The first-order chi connectivity index (χ1) is 12.1. The van der Waals surface area contributed by atoms with E-state index in [2.05, 4.69) is 15.5 Å². The number of ether oxygens (including phenoxy) is 1. The molecule has 0 spiro atoms. The van der Waals surface area contributed by atoms with E-state index in [9.17, 15) is 9.59 Å². The van der Waals surface area contributed by atoms with Crippen molar-refractivity contribution >= 4 is 34.8 Å². The summed E-state index contributed by atoms with van der Waals surface area (Å²) in [5, 5.41) is 8.67. The van der Waals surface area contributed by atoms with Crippen LogP contribution in [0, 0.1) is 0 Å². The molecule has 1 N–H and O–H groups in total. The molecule has 25 heavy (non-hydrogen) atoms. The summed E-state index contributed by atoms with van der Waals surface area (Å²) in [4.78, 5) is 28.0. The summed E-state index contributed by atoms with van der Waals surface area (Å²) in [5.74, 6) is -0.400. The fourth-order valence-corrected chi connectivity index (χ4v) is 2.64. The number of benzene rings is 1. The monoisotopic (exact) mass is 377 g/mol. The predicted octanol–water partition coefficient (Wildman–Crippen LogP) is 2.92. The normalized spacial score (nSPS) is 10.4. The number of hydrogen-bond acceptors (Lipinski definition) is 7. The lowest BCUT2D eigenvalue weighted by Gasteiger charge is -2.03. The van der Waals surface area contributed by atoms with Crippen molar-refractivity contribution in [2.45, 2.75) is 6.61 Å². The number of halogens is 1. The van der Waals surface area contributed by atoms with Gasteiger partial charge in [0.2, 0.25) is 5.82 Å². The smallest absolute Gasteiger partial charge is 0.325 e. The van der Waals surface area contributed by atoms with Crippen molar-refractivity contribution in [1.82, 2.24) is 15.5 Å². The summed E-state index contributed by atoms with van der Waals surface area (Å²) >= 11 is 7.11. The second-order valence-electron chi connectivity index (χ2n) is 4.84. The van der Waals surface area contributed by atoms with Crippen LogP contribution in [0.15, 0.2) is 46.3 Å². The van der Waals surface area contributed by atoms with Crippen LogP contribution >= 0.6 is 22.9 Å². The maximum absolute atomic E-state index is 11.7. The van der Waals surface area contributed by atoms with Gasteiger partial charge in [-0.05, 0) is 35.7 Å². The lowest BCUT2D eigenvalue weighted by Crippen LogP contribution is -2.30. The molecule has 0 radical (unpaired) electrons. The maximum atomic E-state index is 11.7. The van der Waals surface area contributed by atoms with Crippen LogP contribution in [0.2, 0.25) is 5.02 Å². The highest BCUT2D eigenvalue weighted by Gasteiger charge is 2.13. The van der Waals surface area contributed by atoms with E-state index in [0.717, 1.165) is 5.56 Å². The lowest BCUT2D eigenvalue weighted by molar-refractivity contribution is -0.144. The minimum atomic E-state index is -0.601. The zero-order valence-corrected chi connectivity index (χ0v) is 14.3. The minimum absolute atomic E-state index is 0.155. The van der Waals surface area contributed by atoms with Gasteiger partial charge < -0.3 is 14.6 Å². The van der Waals surface area contributed by atoms with E-state index >= 15 is 0 Å². The number of nitrogens with one attached hydrogen (secondary N) is 1. The molecular weight excluding hydrogens is 366 g/mol. The Morgan fingerprint density at radius 2 is 2.04 bits per heavy atom. The van der Waals surface area contributed by atoms with E-state index < -0.39 is 5.97 Å². The van der Waals surface area contributed by atoms with Crippen molar-refractivity contribution in [2.24, 2.45) is 0 Å². The van der Waals surface area contributed by atoms with Gasteiger partial charge in [0.25, 0.3) is 11.8 Å². The molecule has 128 valence electrons. The fourth-order valence-electron chi connectivity index (χ4n) is 1.87. The Balaban J connectivity index is 1.48. The third-order valence-corrected chi connectivity index (χ3v) is 4.19. The zero-order chi connectivity index (χ0) is 17.6. The third kappa shape index (κ3) is 4.65. The van der Waals surface area contributed by atoms with Gasteiger partial charge in [-0.2, -0.15) is 4.98 Å². The molecule has 0 saturated carbocycles. The Bertz CT molecular complexity index is 862. The number of nitrogens with zero attached hydrogens (tertiary/aromatic N) is 2. The molecule has 0 saturated heterocycles. The SMILES string of the molecule is O=C(CNC(=O)c1cccs1)OCc1nc(-c2ccc(Cl)cc2)no1. The molecule has 2 aromatic heterocycles. The molecule has 1 aromatic carbocycles. The highest BCUT2D eigenvalue weighted by Crippen LogP contribution is 2.18. The summed E-state index contributed by atoms with van der Waals surface area (Å²) in [7, 11) is 0. The second kappa shape index (κ2) is 7.91. The number of hydrogen-bond donors (Lipinski definition) is 1. The molecule has 2 heterocycles. The van der Waals surface area contributed by atoms with Crippen molar-refractivity contribution in [3.63, 3.8) is 0 Å². The van der Waals surface area contributed by atoms with Crippen LogP contribution in [0.1, 0.15) is 15.6 Å². The fraction of sp³-hybridized carbons (Fsp3) is 0.125. The first-order valence-corrected chi connectivity index (χ1v) is 8.43. The molecule has 9 heteroatoms. The van der Waals surface area contributed by atoms with Gasteiger partial charge in [-0.25, -0.2) is 0 Å². The van der Waals surface area contributed by atoms with Gasteiger partial charge in [-0.1, -0.05) is 22.8 Å². The minimum Gasteiger partial charge on any atom is -0.454 e. The summed E-state index contributed by atoms with van der Waals surface area (Å²) in [6.45, 7) is -0.413. The second-order valence-corrected chi connectivity index (χ2v) is 6.22. The van der Waals surface area contributed by atoms with Crippen LogP contribution in [0.25, 0.3) is 11.4 Å². The van der Waals surface area contributed by atoms with Gasteiger partial charge in [0.15, 0.2) is 6.61 Å². The summed E-state index contributed by atoms with van der Waals surface area (Å²) in [5.41, 5.74) is 0.730. The van der Waals surface area contributed by atoms with Crippen molar-refractivity contribution in [2.75, 3.05) is 6.54 Å².